The van der Waals surface area contributed by atoms with Crippen LogP contribution >= 0.6 is 0 Å². The zero-order valence-electron chi connectivity index (χ0n) is 24.8. The minimum Gasteiger partial charge on any atom is -0.494 e. The Kier molecular flexibility index (Phi) is 8.70. The lowest BCUT2D eigenvalue weighted by Crippen LogP contribution is -2.48. The molecule has 10 heteroatoms. The molecule has 43 heavy (non-hydrogen) atoms. The lowest BCUT2D eigenvalue weighted by molar-refractivity contribution is -0.119. The third-order valence-corrected chi connectivity index (χ3v) is 7.77. The number of likely N-dealkylation sites (N-methyl/N-ethyl adjacent to an activating group) is 2. The molecule has 0 aliphatic carbocycles. The minimum absolute atomic E-state index is 0.0130. The minimum atomic E-state index is -0.553. The van der Waals surface area contributed by atoms with Crippen LogP contribution in [0.15, 0.2) is 77.8 Å². The molecule has 3 aromatic carbocycles. The van der Waals surface area contributed by atoms with E-state index in [4.69, 9.17) is 9.73 Å². The summed E-state index contributed by atoms with van der Waals surface area (Å²) in [5, 5.41) is 12.0. The van der Waals surface area contributed by atoms with E-state index in [0.29, 0.717) is 34.4 Å². The monoisotopic (exact) mass is 581 g/mol. The quantitative estimate of drug-likeness (QED) is 0.258. The molecule has 0 radical (unpaired) electrons. The van der Waals surface area contributed by atoms with E-state index in [2.05, 4.69) is 16.8 Å². The molecule has 1 fully saturated rings. The number of anilines is 1. The average molecular weight is 582 g/mol. The van der Waals surface area contributed by atoms with Crippen LogP contribution in [0.2, 0.25) is 0 Å². The number of methoxy groups -OCH3 is 1. The normalized spacial score (nSPS) is 14.6. The van der Waals surface area contributed by atoms with Crippen LogP contribution in [-0.4, -0.2) is 96.9 Å². The summed E-state index contributed by atoms with van der Waals surface area (Å²) < 4.78 is 6.02. The van der Waals surface area contributed by atoms with Crippen LogP contribution in [0.3, 0.4) is 0 Å². The van der Waals surface area contributed by atoms with Crippen molar-refractivity contribution in [1.82, 2.24) is 14.4 Å². The van der Waals surface area contributed by atoms with Crippen LogP contribution in [-0.2, 0) is 9.53 Å². The maximum Gasteiger partial charge on any atom is 0.337 e. The Morgan fingerprint density at radius 2 is 1.60 bits per heavy atom. The first-order valence-electron chi connectivity index (χ1n) is 14.1. The fourth-order valence-electron chi connectivity index (χ4n) is 5.26. The number of esters is 1. The highest BCUT2D eigenvalue weighted by molar-refractivity contribution is 6.23. The van der Waals surface area contributed by atoms with Crippen molar-refractivity contribution < 1.29 is 24.2 Å². The number of aromatic hydroxyl groups is 1. The maximum absolute atomic E-state index is 13.0. The van der Waals surface area contributed by atoms with Gasteiger partial charge in [0.25, 0.3) is 0 Å². The second kappa shape index (κ2) is 12.6. The summed E-state index contributed by atoms with van der Waals surface area (Å²) in [4.78, 5) is 48.9. The van der Waals surface area contributed by atoms with Crippen molar-refractivity contribution in [1.29, 1.82) is 0 Å². The molecule has 2 heterocycles. The summed E-state index contributed by atoms with van der Waals surface area (Å²) in [5.74, 6) is -1.24. The second-order valence-electron chi connectivity index (χ2n) is 10.7. The van der Waals surface area contributed by atoms with Gasteiger partial charge in [-0.05, 0) is 43.4 Å². The van der Waals surface area contributed by atoms with E-state index in [9.17, 15) is 19.5 Å². The molecule has 1 amide bonds. The Morgan fingerprint density at radius 1 is 0.930 bits per heavy atom. The molecule has 1 aliphatic rings. The largest absolute Gasteiger partial charge is 0.494 e. The lowest BCUT2D eigenvalue weighted by Gasteiger charge is -2.32. The summed E-state index contributed by atoms with van der Waals surface area (Å²) in [5.41, 5.74) is 3.48. The van der Waals surface area contributed by atoms with Gasteiger partial charge < -0.3 is 19.6 Å². The Morgan fingerprint density at radius 3 is 2.23 bits per heavy atom. The van der Waals surface area contributed by atoms with Gasteiger partial charge in [-0.1, -0.05) is 36.4 Å². The van der Waals surface area contributed by atoms with Crippen LogP contribution in [0.1, 0.15) is 33.2 Å². The van der Waals surface area contributed by atoms with E-state index in [1.165, 1.54) is 24.7 Å². The number of ether oxygens (including phenoxy) is 1. The van der Waals surface area contributed by atoms with E-state index in [0.717, 1.165) is 37.4 Å². The molecular weight excluding hydrogens is 546 g/mol. The van der Waals surface area contributed by atoms with Crippen molar-refractivity contribution in [3.8, 4) is 5.88 Å². The highest BCUT2D eigenvalue weighted by Crippen LogP contribution is 2.35. The van der Waals surface area contributed by atoms with Crippen molar-refractivity contribution >= 4 is 45.8 Å². The molecule has 0 unspecified atom stereocenters. The standard InChI is InChI=1S/C33H35N5O5/c1-22(39)38-28-20-24(33(42)43-4)10-15-27(28)30(32(38)41)31(23-8-6-5-7-9-23)34-25-11-13-26(14-12-25)36(3)29(40)21-37-18-16-35(2)17-19-37/h5-15,20,41H,16-19,21H2,1-4H3. The molecule has 0 bridgehead atoms. The zero-order valence-corrected chi connectivity index (χ0v) is 24.8. The lowest BCUT2D eigenvalue weighted by atomic mass is 10.00. The molecule has 0 saturated carbocycles. The number of fused-ring (bicyclic) bond motifs is 1. The SMILES string of the molecule is COC(=O)c1ccc2c(C(=Nc3ccc(N(C)C(=O)CN4CCN(C)CC4)cc3)c3ccccc3)c(O)n(C(C)=O)c2c1. The van der Waals surface area contributed by atoms with Crippen molar-refractivity contribution in [3.63, 3.8) is 0 Å². The third-order valence-electron chi connectivity index (χ3n) is 7.77. The van der Waals surface area contributed by atoms with Crippen LogP contribution in [0.4, 0.5) is 11.4 Å². The van der Waals surface area contributed by atoms with E-state index in [-0.39, 0.29) is 17.4 Å². The van der Waals surface area contributed by atoms with Gasteiger partial charge in [-0.25, -0.2) is 9.79 Å². The fraction of sp³-hybridized carbons (Fsp3) is 0.273. The summed E-state index contributed by atoms with van der Waals surface area (Å²) in [6.07, 6.45) is 0. The van der Waals surface area contributed by atoms with Gasteiger partial charge in [-0.15, -0.1) is 0 Å². The van der Waals surface area contributed by atoms with Crippen molar-refractivity contribution in [2.24, 2.45) is 4.99 Å². The summed E-state index contributed by atoms with van der Waals surface area (Å²) in [6, 6.07) is 21.5. The van der Waals surface area contributed by atoms with Gasteiger partial charge in [0, 0.05) is 56.8 Å². The summed E-state index contributed by atoms with van der Waals surface area (Å²) >= 11 is 0. The van der Waals surface area contributed by atoms with E-state index < -0.39 is 11.9 Å². The molecule has 0 spiro atoms. The molecule has 4 aromatic rings. The van der Waals surface area contributed by atoms with Crippen LogP contribution < -0.4 is 4.90 Å². The molecule has 222 valence electrons. The van der Waals surface area contributed by atoms with E-state index >= 15 is 0 Å². The Hall–Kier alpha value is -4.80. The number of hydrogen-bond donors (Lipinski definition) is 1. The number of carbonyl (C=O) groups excluding carboxylic acids is 3. The molecule has 1 saturated heterocycles. The molecule has 0 atom stereocenters. The number of amides is 1. The molecule has 1 aromatic heterocycles. The first-order chi connectivity index (χ1) is 20.7. The van der Waals surface area contributed by atoms with Gasteiger partial charge >= 0.3 is 5.97 Å². The second-order valence-corrected chi connectivity index (χ2v) is 10.7. The van der Waals surface area contributed by atoms with Gasteiger partial charge in [-0.3, -0.25) is 19.1 Å². The van der Waals surface area contributed by atoms with Crippen molar-refractivity contribution in [3.05, 3.63) is 89.5 Å². The highest BCUT2D eigenvalue weighted by atomic mass is 16.5. The van der Waals surface area contributed by atoms with E-state index in [1.807, 2.05) is 54.6 Å². The summed E-state index contributed by atoms with van der Waals surface area (Å²) in [7, 11) is 5.14. The van der Waals surface area contributed by atoms with Crippen LogP contribution in [0.5, 0.6) is 5.88 Å². The van der Waals surface area contributed by atoms with Gasteiger partial charge in [0.1, 0.15) is 0 Å². The first kappa shape index (κ1) is 29.7. The van der Waals surface area contributed by atoms with Crippen LogP contribution in [0.25, 0.3) is 10.9 Å². The predicted molar refractivity (Wildman–Crippen MR) is 167 cm³/mol. The third kappa shape index (κ3) is 6.20. The van der Waals surface area contributed by atoms with Crippen molar-refractivity contribution in [2.45, 2.75) is 6.92 Å². The van der Waals surface area contributed by atoms with Gasteiger partial charge in [-0.2, -0.15) is 0 Å². The Balaban J connectivity index is 1.52. The molecular formula is C33H35N5O5. The fourth-order valence-corrected chi connectivity index (χ4v) is 5.26. The number of aliphatic imine (C=N–C) groups is 1. The predicted octanol–water partition coefficient (Wildman–Crippen LogP) is 4.17. The van der Waals surface area contributed by atoms with Crippen molar-refractivity contribution in [2.75, 3.05) is 58.8 Å². The Labute approximate surface area is 250 Å². The van der Waals surface area contributed by atoms with Crippen LogP contribution in [0, 0.1) is 0 Å². The number of benzene rings is 3. The number of piperazine rings is 1. The number of hydrogen-bond acceptors (Lipinski definition) is 8. The van der Waals surface area contributed by atoms with E-state index in [1.54, 1.807) is 24.1 Å². The molecule has 5 rings (SSSR count). The highest BCUT2D eigenvalue weighted by Gasteiger charge is 2.25. The summed E-state index contributed by atoms with van der Waals surface area (Å²) in [6.45, 7) is 5.32. The Bertz CT molecular complexity index is 1690. The maximum atomic E-state index is 13.0. The average Bonchev–Trinajstić information content (AvgIpc) is 3.31. The molecule has 1 aliphatic heterocycles. The number of carbonyl (C=O) groups is 3. The number of rotatable bonds is 7. The molecule has 1 N–H and O–H groups in total. The van der Waals surface area contributed by atoms with Gasteiger partial charge in [0.05, 0.1) is 41.7 Å². The topological polar surface area (TPSA) is 108 Å². The van der Waals surface area contributed by atoms with Gasteiger partial charge in [0.15, 0.2) is 0 Å². The number of nitrogens with zero attached hydrogens (tertiary/aromatic N) is 5. The molecule has 10 nitrogen and oxygen atoms in total. The van der Waals surface area contributed by atoms with Gasteiger partial charge in [0.2, 0.25) is 17.7 Å². The smallest absolute Gasteiger partial charge is 0.337 e. The first-order valence-corrected chi connectivity index (χ1v) is 14.1. The zero-order chi connectivity index (χ0) is 30.7. The number of aromatic nitrogens is 1.